The van der Waals surface area contributed by atoms with Gasteiger partial charge in [0.25, 0.3) is 0 Å². The molecule has 1 aliphatic heterocycles. The third-order valence-corrected chi connectivity index (χ3v) is 3.66. The van der Waals surface area contributed by atoms with E-state index in [1.54, 1.807) is 4.90 Å². The van der Waals surface area contributed by atoms with Crippen LogP contribution in [0.1, 0.15) is 18.9 Å². The normalized spacial score (nSPS) is 18.4. The molecule has 1 heterocycles. The summed E-state index contributed by atoms with van der Waals surface area (Å²) in [6, 6.07) is 4.50. The number of piperazine rings is 1. The Morgan fingerprint density at radius 3 is 3.05 bits per heavy atom. The molecule has 1 fully saturated rings. The van der Waals surface area contributed by atoms with Crippen LogP contribution in [0.4, 0.5) is 9.18 Å². The van der Waals surface area contributed by atoms with E-state index in [2.05, 4.69) is 5.32 Å². The Morgan fingerprint density at radius 2 is 2.33 bits per heavy atom. The van der Waals surface area contributed by atoms with E-state index in [4.69, 9.17) is 9.47 Å². The van der Waals surface area contributed by atoms with Crippen molar-refractivity contribution >= 4 is 6.09 Å². The smallest absolute Gasteiger partial charge is 0.410 e. The molecule has 1 aromatic carbocycles. The van der Waals surface area contributed by atoms with E-state index in [0.29, 0.717) is 17.9 Å². The molecule has 116 valence electrons. The van der Waals surface area contributed by atoms with E-state index in [9.17, 15) is 9.18 Å². The number of hydrogen-bond donors (Lipinski definition) is 1. The molecule has 2 rings (SSSR count). The van der Waals surface area contributed by atoms with Gasteiger partial charge in [0.2, 0.25) is 0 Å². The molecule has 1 aromatic rings. The number of nitrogens with one attached hydrogen (secondary N) is 1. The average Bonchev–Trinajstić information content (AvgIpc) is 2.53. The summed E-state index contributed by atoms with van der Waals surface area (Å²) in [5.41, 5.74) is 0.311. The first kappa shape index (κ1) is 15.6. The number of ether oxygens (including phenoxy) is 2. The molecule has 0 saturated carbocycles. The molecule has 1 saturated heterocycles. The number of halogens is 1. The number of benzene rings is 1. The third-order valence-electron chi connectivity index (χ3n) is 3.66. The van der Waals surface area contributed by atoms with E-state index in [1.807, 2.05) is 6.92 Å². The second-order valence-electron chi connectivity index (χ2n) is 4.97. The Kier molecular flexibility index (Phi) is 5.38. The monoisotopic (exact) mass is 296 g/mol. The van der Waals surface area contributed by atoms with Crippen LogP contribution in [0.3, 0.4) is 0 Å². The molecule has 0 aromatic heterocycles. The molecule has 0 radical (unpaired) electrons. The van der Waals surface area contributed by atoms with Gasteiger partial charge in [-0.2, -0.15) is 0 Å². The van der Waals surface area contributed by atoms with Gasteiger partial charge < -0.3 is 19.7 Å². The SMILES string of the molecule is CC[C@@H]1CNCCN1C(=O)OCc1cc(OC)ccc1F. The standard InChI is InChI=1S/C15H21FN2O3/c1-3-12-9-17-6-7-18(12)15(19)21-10-11-8-13(20-2)4-5-14(11)16/h4-5,8,12,17H,3,6-7,9-10H2,1-2H3/t12-/m1/s1. The second kappa shape index (κ2) is 7.26. The number of rotatable bonds is 4. The predicted molar refractivity (Wildman–Crippen MR) is 76.8 cm³/mol. The fraction of sp³-hybridized carbons (Fsp3) is 0.533. The van der Waals surface area contributed by atoms with Crippen LogP contribution in [0.5, 0.6) is 5.75 Å². The lowest BCUT2D eigenvalue weighted by atomic mass is 10.1. The highest BCUT2D eigenvalue weighted by molar-refractivity contribution is 5.68. The molecule has 0 unspecified atom stereocenters. The van der Waals surface area contributed by atoms with E-state index < -0.39 is 11.9 Å². The maximum atomic E-state index is 13.7. The molecule has 6 heteroatoms. The van der Waals surface area contributed by atoms with Gasteiger partial charge in [-0.25, -0.2) is 9.18 Å². The number of carbonyl (C=O) groups is 1. The van der Waals surface area contributed by atoms with Gasteiger partial charge in [0.15, 0.2) is 0 Å². The van der Waals surface area contributed by atoms with Gasteiger partial charge >= 0.3 is 6.09 Å². The first-order valence-electron chi connectivity index (χ1n) is 7.12. The molecular formula is C15H21FN2O3. The van der Waals surface area contributed by atoms with Gasteiger partial charge in [-0.3, -0.25) is 0 Å². The van der Waals surface area contributed by atoms with Crippen molar-refractivity contribution in [3.8, 4) is 5.75 Å². The summed E-state index contributed by atoms with van der Waals surface area (Å²) < 4.78 is 24.0. The quantitative estimate of drug-likeness (QED) is 0.925. The Hall–Kier alpha value is -1.82. The first-order chi connectivity index (χ1) is 10.2. The lowest BCUT2D eigenvalue weighted by molar-refractivity contribution is 0.0706. The van der Waals surface area contributed by atoms with Crippen LogP contribution in [0.25, 0.3) is 0 Å². The van der Waals surface area contributed by atoms with Crippen molar-refractivity contribution in [2.24, 2.45) is 0 Å². The van der Waals surface area contributed by atoms with Crippen LogP contribution in [0.15, 0.2) is 18.2 Å². The number of hydrogen-bond acceptors (Lipinski definition) is 4. The molecule has 21 heavy (non-hydrogen) atoms. The topological polar surface area (TPSA) is 50.8 Å². The molecule has 0 spiro atoms. The molecular weight excluding hydrogens is 275 g/mol. The molecule has 5 nitrogen and oxygen atoms in total. The zero-order chi connectivity index (χ0) is 15.2. The lowest BCUT2D eigenvalue weighted by Crippen LogP contribution is -2.53. The highest BCUT2D eigenvalue weighted by Gasteiger charge is 2.26. The molecule has 1 amide bonds. The predicted octanol–water partition coefficient (Wildman–Crippen LogP) is 2.15. The minimum absolute atomic E-state index is 0.0950. The lowest BCUT2D eigenvalue weighted by Gasteiger charge is -2.34. The van der Waals surface area contributed by atoms with E-state index in [-0.39, 0.29) is 12.6 Å². The van der Waals surface area contributed by atoms with Crippen molar-refractivity contribution < 1.29 is 18.7 Å². The summed E-state index contributed by atoms with van der Waals surface area (Å²) in [7, 11) is 1.51. The number of carbonyl (C=O) groups excluding carboxylic acids is 1. The minimum Gasteiger partial charge on any atom is -0.497 e. The van der Waals surface area contributed by atoms with Crippen molar-refractivity contribution in [3.05, 3.63) is 29.6 Å². The maximum Gasteiger partial charge on any atom is 0.410 e. The van der Waals surface area contributed by atoms with E-state index in [0.717, 1.165) is 19.5 Å². The Bertz CT molecular complexity index is 496. The number of methoxy groups -OCH3 is 1. The van der Waals surface area contributed by atoms with Crippen LogP contribution in [0.2, 0.25) is 0 Å². The van der Waals surface area contributed by atoms with Gasteiger partial charge in [0.1, 0.15) is 18.2 Å². The Morgan fingerprint density at radius 1 is 1.52 bits per heavy atom. The summed E-state index contributed by atoms with van der Waals surface area (Å²) in [5, 5.41) is 3.24. The van der Waals surface area contributed by atoms with Crippen molar-refractivity contribution in [2.75, 3.05) is 26.7 Å². The first-order valence-corrected chi connectivity index (χ1v) is 7.12. The van der Waals surface area contributed by atoms with Crippen LogP contribution >= 0.6 is 0 Å². The van der Waals surface area contributed by atoms with Crippen LogP contribution in [-0.2, 0) is 11.3 Å². The number of nitrogens with zero attached hydrogens (tertiary/aromatic N) is 1. The molecule has 0 bridgehead atoms. The zero-order valence-corrected chi connectivity index (χ0v) is 12.4. The summed E-state index contributed by atoms with van der Waals surface area (Å²) in [6.07, 6.45) is 0.459. The maximum absolute atomic E-state index is 13.7. The number of amides is 1. The van der Waals surface area contributed by atoms with Crippen molar-refractivity contribution in [2.45, 2.75) is 26.0 Å². The van der Waals surface area contributed by atoms with Crippen LogP contribution < -0.4 is 10.1 Å². The van der Waals surface area contributed by atoms with Gasteiger partial charge in [0.05, 0.1) is 7.11 Å². The highest BCUT2D eigenvalue weighted by Crippen LogP contribution is 2.18. The van der Waals surface area contributed by atoms with Gasteiger partial charge in [-0.15, -0.1) is 0 Å². The summed E-state index contributed by atoms with van der Waals surface area (Å²) in [6.45, 7) is 4.05. The van der Waals surface area contributed by atoms with Crippen molar-refractivity contribution in [1.29, 1.82) is 0 Å². The fourth-order valence-corrected chi connectivity index (χ4v) is 2.38. The van der Waals surface area contributed by atoms with E-state index >= 15 is 0 Å². The Labute approximate surface area is 124 Å². The third kappa shape index (κ3) is 3.85. The van der Waals surface area contributed by atoms with Gasteiger partial charge in [0, 0.05) is 31.2 Å². The van der Waals surface area contributed by atoms with E-state index in [1.165, 1.54) is 25.3 Å². The zero-order valence-electron chi connectivity index (χ0n) is 12.4. The van der Waals surface area contributed by atoms with Crippen LogP contribution in [-0.4, -0.2) is 43.8 Å². The van der Waals surface area contributed by atoms with Crippen molar-refractivity contribution in [1.82, 2.24) is 10.2 Å². The molecule has 1 aliphatic rings. The summed E-state index contributed by atoms with van der Waals surface area (Å²) in [5.74, 6) is 0.131. The fourth-order valence-electron chi connectivity index (χ4n) is 2.38. The van der Waals surface area contributed by atoms with Gasteiger partial charge in [-0.05, 0) is 24.6 Å². The molecule has 1 atom stereocenters. The minimum atomic E-state index is -0.407. The average molecular weight is 296 g/mol. The largest absolute Gasteiger partial charge is 0.497 e. The molecule has 1 N–H and O–H groups in total. The molecule has 0 aliphatic carbocycles. The summed E-state index contributed by atoms with van der Waals surface area (Å²) >= 11 is 0. The Balaban J connectivity index is 1.97. The highest BCUT2D eigenvalue weighted by atomic mass is 19.1. The van der Waals surface area contributed by atoms with Crippen molar-refractivity contribution in [3.63, 3.8) is 0 Å². The second-order valence-corrected chi connectivity index (χ2v) is 4.97. The van der Waals surface area contributed by atoms with Crippen LogP contribution in [0, 0.1) is 5.82 Å². The van der Waals surface area contributed by atoms with Gasteiger partial charge in [-0.1, -0.05) is 6.92 Å². The summed E-state index contributed by atoms with van der Waals surface area (Å²) in [4.78, 5) is 13.8.